The number of fused-ring (bicyclic) bond motifs is 1. The van der Waals surface area contributed by atoms with Gasteiger partial charge in [-0.1, -0.05) is 37.5 Å². The number of unbranched alkanes of at least 4 members (excludes halogenated alkanes) is 3. The largest absolute Gasteiger partial charge is 0.245 e. The third-order valence-corrected chi connectivity index (χ3v) is 3.59. The van der Waals surface area contributed by atoms with Crippen molar-refractivity contribution in [3.8, 4) is 0 Å². The highest BCUT2D eigenvalue weighted by Gasteiger charge is 2.06. The summed E-state index contributed by atoms with van der Waals surface area (Å²) in [6.07, 6.45) is 5.06. The number of aryl methyl sites for hydroxylation is 1. The molecule has 1 aromatic heterocycles. The van der Waals surface area contributed by atoms with Gasteiger partial charge in [0.25, 0.3) is 0 Å². The first-order valence-electron chi connectivity index (χ1n) is 5.80. The predicted molar refractivity (Wildman–Crippen MR) is 74.4 cm³/mol. The normalized spacial score (nSPS) is 11.1. The lowest BCUT2D eigenvalue weighted by Gasteiger charge is -2.01. The maximum absolute atomic E-state index is 4.22. The van der Waals surface area contributed by atoms with Crippen molar-refractivity contribution in [1.82, 2.24) is 15.0 Å². The SMILES string of the molecule is CCCCCCn1nnc2c(I)cccc21. The van der Waals surface area contributed by atoms with E-state index in [0.29, 0.717) is 0 Å². The summed E-state index contributed by atoms with van der Waals surface area (Å²) < 4.78 is 3.20. The average Bonchev–Trinajstić information content (AvgIpc) is 2.70. The van der Waals surface area contributed by atoms with Crippen LogP contribution in [0.25, 0.3) is 11.0 Å². The van der Waals surface area contributed by atoms with Crippen LogP contribution in [-0.4, -0.2) is 15.0 Å². The summed E-state index contributed by atoms with van der Waals surface area (Å²) in [5, 5.41) is 8.44. The van der Waals surface area contributed by atoms with Crippen molar-refractivity contribution in [2.45, 2.75) is 39.2 Å². The van der Waals surface area contributed by atoms with E-state index < -0.39 is 0 Å². The molecule has 0 N–H and O–H groups in total. The molecule has 0 amide bonds. The van der Waals surface area contributed by atoms with Crippen LogP contribution in [0.3, 0.4) is 0 Å². The Morgan fingerprint density at radius 3 is 2.94 bits per heavy atom. The van der Waals surface area contributed by atoms with E-state index >= 15 is 0 Å². The highest BCUT2D eigenvalue weighted by Crippen LogP contribution is 2.18. The van der Waals surface area contributed by atoms with Crippen LogP contribution in [0.15, 0.2) is 18.2 Å². The van der Waals surface area contributed by atoms with Crippen LogP contribution in [0.2, 0.25) is 0 Å². The van der Waals surface area contributed by atoms with Crippen LogP contribution in [0, 0.1) is 3.57 Å². The summed E-state index contributed by atoms with van der Waals surface area (Å²) in [6, 6.07) is 6.23. The van der Waals surface area contributed by atoms with Gasteiger partial charge in [-0.3, -0.25) is 0 Å². The summed E-state index contributed by atoms with van der Waals surface area (Å²) in [5.41, 5.74) is 2.18. The summed E-state index contributed by atoms with van der Waals surface area (Å²) >= 11 is 2.31. The topological polar surface area (TPSA) is 30.7 Å². The highest BCUT2D eigenvalue weighted by atomic mass is 127. The molecule has 3 nitrogen and oxygen atoms in total. The van der Waals surface area contributed by atoms with Crippen LogP contribution in [-0.2, 0) is 6.54 Å². The Morgan fingerprint density at radius 1 is 1.25 bits per heavy atom. The van der Waals surface area contributed by atoms with Gasteiger partial charge in [-0.05, 0) is 41.1 Å². The minimum Gasteiger partial charge on any atom is -0.245 e. The molecule has 2 rings (SSSR count). The van der Waals surface area contributed by atoms with Crippen LogP contribution >= 0.6 is 22.6 Å². The van der Waals surface area contributed by atoms with E-state index in [1.807, 2.05) is 4.68 Å². The Balaban J connectivity index is 2.10. The zero-order chi connectivity index (χ0) is 11.4. The molecule has 1 aromatic carbocycles. The molecule has 0 aliphatic rings. The summed E-state index contributed by atoms with van der Waals surface area (Å²) in [6.45, 7) is 3.21. The van der Waals surface area contributed by atoms with Crippen molar-refractivity contribution in [2.24, 2.45) is 0 Å². The maximum atomic E-state index is 4.22. The van der Waals surface area contributed by atoms with Crippen LogP contribution in [0.4, 0.5) is 0 Å². The Labute approximate surface area is 109 Å². The van der Waals surface area contributed by atoms with Gasteiger partial charge in [-0.25, -0.2) is 4.68 Å². The van der Waals surface area contributed by atoms with Gasteiger partial charge in [-0.15, -0.1) is 5.10 Å². The second-order valence-electron chi connectivity index (χ2n) is 3.98. The van der Waals surface area contributed by atoms with E-state index in [9.17, 15) is 0 Å². The first-order valence-corrected chi connectivity index (χ1v) is 6.88. The predicted octanol–water partition coefficient (Wildman–Crippen LogP) is 3.62. The van der Waals surface area contributed by atoms with Gasteiger partial charge in [0.05, 0.1) is 5.52 Å². The summed E-state index contributed by atoms with van der Waals surface area (Å²) in [5.74, 6) is 0. The Bertz CT molecular complexity index is 464. The number of rotatable bonds is 5. The van der Waals surface area contributed by atoms with Crippen LogP contribution in [0.1, 0.15) is 32.6 Å². The third-order valence-electron chi connectivity index (χ3n) is 2.72. The standard InChI is InChI=1S/C12H16IN3/c1-2-3-4-5-9-16-11-8-6-7-10(13)12(11)14-15-16/h6-8H,2-5,9H2,1H3. The molecule has 0 aliphatic carbocycles. The maximum Gasteiger partial charge on any atom is 0.126 e. The monoisotopic (exact) mass is 329 g/mol. The molecule has 0 aliphatic heterocycles. The second kappa shape index (κ2) is 5.61. The number of benzene rings is 1. The number of aromatic nitrogens is 3. The molecule has 1 heterocycles. The summed E-state index contributed by atoms with van der Waals surface area (Å²) in [4.78, 5) is 0. The molecule has 0 fully saturated rings. The zero-order valence-corrected chi connectivity index (χ0v) is 11.6. The van der Waals surface area contributed by atoms with Crippen molar-refractivity contribution in [1.29, 1.82) is 0 Å². The van der Waals surface area contributed by atoms with Gasteiger partial charge in [0.15, 0.2) is 0 Å². The minimum atomic E-state index is 0.983. The molecular weight excluding hydrogens is 313 g/mol. The minimum absolute atomic E-state index is 0.983. The lowest BCUT2D eigenvalue weighted by molar-refractivity contribution is 0.539. The fraction of sp³-hybridized carbons (Fsp3) is 0.500. The van der Waals surface area contributed by atoms with Crippen molar-refractivity contribution < 1.29 is 0 Å². The van der Waals surface area contributed by atoms with E-state index in [-0.39, 0.29) is 0 Å². The molecule has 0 saturated heterocycles. The third kappa shape index (κ3) is 2.53. The van der Waals surface area contributed by atoms with Gasteiger partial charge in [0.2, 0.25) is 0 Å². The number of halogens is 1. The van der Waals surface area contributed by atoms with E-state index in [1.165, 1.54) is 29.3 Å². The second-order valence-corrected chi connectivity index (χ2v) is 5.14. The van der Waals surface area contributed by atoms with Crippen LogP contribution < -0.4 is 0 Å². The fourth-order valence-corrected chi connectivity index (χ4v) is 2.40. The number of hydrogen-bond acceptors (Lipinski definition) is 2. The van der Waals surface area contributed by atoms with Gasteiger partial charge < -0.3 is 0 Å². The fourth-order valence-electron chi connectivity index (χ4n) is 1.81. The molecule has 0 bridgehead atoms. The Kier molecular flexibility index (Phi) is 4.15. The molecule has 0 unspecified atom stereocenters. The molecule has 86 valence electrons. The molecular formula is C12H16IN3. The molecule has 2 aromatic rings. The lowest BCUT2D eigenvalue weighted by atomic mass is 10.2. The van der Waals surface area contributed by atoms with Gasteiger partial charge in [0.1, 0.15) is 5.52 Å². The average molecular weight is 329 g/mol. The quantitative estimate of drug-likeness (QED) is 0.620. The lowest BCUT2D eigenvalue weighted by Crippen LogP contribution is -2.00. The van der Waals surface area contributed by atoms with Crippen molar-refractivity contribution in [3.63, 3.8) is 0 Å². The highest BCUT2D eigenvalue weighted by molar-refractivity contribution is 14.1. The number of nitrogens with zero attached hydrogens (tertiary/aromatic N) is 3. The van der Waals surface area contributed by atoms with Crippen LogP contribution in [0.5, 0.6) is 0 Å². The van der Waals surface area contributed by atoms with E-state index in [4.69, 9.17) is 0 Å². The van der Waals surface area contributed by atoms with Crippen molar-refractivity contribution >= 4 is 33.6 Å². The van der Waals surface area contributed by atoms with E-state index in [2.05, 4.69) is 58.0 Å². The molecule has 0 saturated carbocycles. The molecule has 4 heteroatoms. The van der Waals surface area contributed by atoms with E-state index in [1.54, 1.807) is 0 Å². The van der Waals surface area contributed by atoms with Gasteiger partial charge in [-0.2, -0.15) is 0 Å². The van der Waals surface area contributed by atoms with Gasteiger partial charge in [0, 0.05) is 10.1 Å². The molecule has 0 atom stereocenters. The van der Waals surface area contributed by atoms with Crippen molar-refractivity contribution in [3.05, 3.63) is 21.8 Å². The summed E-state index contributed by atoms with van der Waals surface area (Å²) in [7, 11) is 0. The molecule has 0 radical (unpaired) electrons. The smallest absolute Gasteiger partial charge is 0.126 e. The zero-order valence-electron chi connectivity index (χ0n) is 9.49. The Morgan fingerprint density at radius 2 is 2.12 bits per heavy atom. The molecule has 16 heavy (non-hydrogen) atoms. The number of hydrogen-bond donors (Lipinski definition) is 0. The van der Waals surface area contributed by atoms with Gasteiger partial charge >= 0.3 is 0 Å². The Hall–Kier alpha value is -0.650. The first-order chi connectivity index (χ1) is 7.83. The first kappa shape index (κ1) is 11.8. The van der Waals surface area contributed by atoms with E-state index in [0.717, 1.165) is 17.6 Å². The molecule has 0 spiro atoms. The van der Waals surface area contributed by atoms with Crippen molar-refractivity contribution in [2.75, 3.05) is 0 Å².